The Morgan fingerprint density at radius 2 is 1.74 bits per heavy atom. The molecule has 96 valence electrons. The Morgan fingerprint density at radius 1 is 1.05 bits per heavy atom. The van der Waals surface area contributed by atoms with Gasteiger partial charge in [-0.15, -0.1) is 0 Å². The van der Waals surface area contributed by atoms with E-state index in [1.54, 1.807) is 54.6 Å². The van der Waals surface area contributed by atoms with E-state index in [-0.39, 0.29) is 12.3 Å². The summed E-state index contributed by atoms with van der Waals surface area (Å²) in [7, 11) is 0. The first-order chi connectivity index (χ1) is 9.28. The van der Waals surface area contributed by atoms with Crippen molar-refractivity contribution in [1.29, 1.82) is 0 Å². The van der Waals surface area contributed by atoms with Gasteiger partial charge in [0.25, 0.3) is 5.72 Å². The van der Waals surface area contributed by atoms with E-state index in [2.05, 4.69) is 4.89 Å². The lowest BCUT2D eigenvalue weighted by Crippen LogP contribution is -2.52. The summed E-state index contributed by atoms with van der Waals surface area (Å²) in [6, 6.07) is 15.4. The van der Waals surface area contributed by atoms with Crippen LogP contribution in [-0.2, 0) is 21.1 Å². The summed E-state index contributed by atoms with van der Waals surface area (Å²) < 4.78 is 5.49. The molecule has 5 heteroatoms. The normalized spacial score (nSPS) is 21.7. The second-order valence-electron chi connectivity index (χ2n) is 4.28. The van der Waals surface area contributed by atoms with E-state index in [9.17, 15) is 10.5 Å². The van der Waals surface area contributed by atoms with Crippen molar-refractivity contribution in [2.24, 2.45) is 0 Å². The molecule has 1 unspecified atom stereocenters. The summed E-state index contributed by atoms with van der Waals surface area (Å²) >= 11 is 0. The topological polar surface area (TPSA) is 61.5 Å². The average molecular weight is 257 g/mol. The maximum atomic E-state index is 12.5. The Bertz CT molecular complexity index is 575. The van der Waals surface area contributed by atoms with Crippen LogP contribution in [0.15, 0.2) is 54.6 Å². The molecule has 0 aromatic heterocycles. The molecule has 2 aromatic rings. The predicted octanol–water partition coefficient (Wildman–Crippen LogP) is 2.45. The third-order valence-corrected chi connectivity index (χ3v) is 3.20. The lowest BCUT2D eigenvalue weighted by Gasteiger charge is -2.39. The van der Waals surface area contributed by atoms with Crippen molar-refractivity contribution in [3.63, 3.8) is 0 Å². The summed E-state index contributed by atoms with van der Waals surface area (Å²) in [6.45, 7) is -0.152. The number of fused-ring (bicyclic) bond motifs is 1. The van der Waals surface area contributed by atoms with Crippen LogP contribution in [-0.4, -0.2) is 6.61 Å². The summed E-state index contributed by atoms with van der Waals surface area (Å²) in [5, 5.41) is 24.3. The zero-order valence-corrected chi connectivity index (χ0v) is 9.98. The Hall–Kier alpha value is -2.08. The van der Waals surface area contributed by atoms with Crippen LogP contribution in [0.4, 0.5) is 5.69 Å². The van der Waals surface area contributed by atoms with Gasteiger partial charge in [0.1, 0.15) is 18.0 Å². The third kappa shape index (κ3) is 1.76. The number of nitrogens with zero attached hydrogens (tertiary/aromatic N) is 1. The van der Waals surface area contributed by atoms with Gasteiger partial charge in [-0.1, -0.05) is 47.7 Å². The minimum absolute atomic E-state index is 0.152. The fraction of sp³-hybridized carbons (Fsp3) is 0.143. The van der Waals surface area contributed by atoms with Gasteiger partial charge in [0.05, 0.1) is 0 Å². The smallest absolute Gasteiger partial charge is 0.263 e. The highest BCUT2D eigenvalue weighted by molar-refractivity contribution is 5.60. The van der Waals surface area contributed by atoms with Gasteiger partial charge in [-0.3, -0.25) is 0 Å². The second-order valence-corrected chi connectivity index (χ2v) is 4.28. The van der Waals surface area contributed by atoms with Crippen LogP contribution in [0, 0.1) is 0 Å². The average Bonchev–Trinajstić information content (AvgIpc) is 2.49. The molecule has 0 saturated heterocycles. The fourth-order valence-corrected chi connectivity index (χ4v) is 2.18. The van der Waals surface area contributed by atoms with Crippen molar-refractivity contribution in [1.82, 2.24) is 0 Å². The summed E-state index contributed by atoms with van der Waals surface area (Å²) in [4.78, 5) is 4.27. The molecular weight excluding hydrogens is 246 g/mol. The van der Waals surface area contributed by atoms with Gasteiger partial charge in [-0.05, 0) is 17.4 Å². The highest BCUT2D eigenvalue weighted by Crippen LogP contribution is 2.42. The molecule has 2 radical (unpaired) electrons. The zero-order chi connectivity index (χ0) is 13.3. The molecule has 2 aromatic carbocycles. The SMILES string of the molecule is [O]OC1(c2ccccc2)COc2ccccc2N1[O]. The van der Waals surface area contributed by atoms with Gasteiger partial charge in [0.15, 0.2) is 0 Å². The molecule has 0 aliphatic carbocycles. The molecule has 0 amide bonds. The molecule has 0 N–H and O–H groups in total. The second kappa shape index (κ2) is 4.55. The van der Waals surface area contributed by atoms with E-state index >= 15 is 0 Å². The van der Waals surface area contributed by atoms with E-state index in [0.29, 0.717) is 16.4 Å². The number of ether oxygens (including phenoxy) is 1. The number of hydrogen-bond acceptors (Lipinski definition) is 3. The summed E-state index contributed by atoms with van der Waals surface area (Å²) in [5.41, 5.74) is -0.932. The Kier molecular flexibility index (Phi) is 2.87. The lowest BCUT2D eigenvalue weighted by molar-refractivity contribution is -0.399. The van der Waals surface area contributed by atoms with Crippen molar-refractivity contribution in [3.8, 4) is 5.75 Å². The highest BCUT2D eigenvalue weighted by Gasteiger charge is 2.47. The van der Waals surface area contributed by atoms with Gasteiger partial charge in [-0.2, -0.15) is 9.95 Å². The van der Waals surface area contributed by atoms with Crippen LogP contribution in [0.2, 0.25) is 0 Å². The van der Waals surface area contributed by atoms with E-state index in [1.807, 2.05) is 0 Å². The zero-order valence-electron chi connectivity index (χ0n) is 9.98. The van der Waals surface area contributed by atoms with Crippen molar-refractivity contribution >= 4 is 5.69 Å². The molecule has 5 nitrogen and oxygen atoms in total. The number of benzene rings is 2. The molecule has 1 aliphatic heterocycles. The van der Waals surface area contributed by atoms with Crippen molar-refractivity contribution in [2.45, 2.75) is 5.72 Å². The van der Waals surface area contributed by atoms with Crippen molar-refractivity contribution < 1.29 is 20.1 Å². The fourth-order valence-electron chi connectivity index (χ4n) is 2.18. The number of hydroxylamine groups is 1. The molecule has 0 bridgehead atoms. The Balaban J connectivity index is 2.10. The molecule has 1 aliphatic rings. The minimum Gasteiger partial charge on any atom is -0.486 e. The molecule has 1 heterocycles. The minimum atomic E-state index is -1.68. The largest absolute Gasteiger partial charge is 0.486 e. The van der Waals surface area contributed by atoms with E-state index < -0.39 is 5.72 Å². The Morgan fingerprint density at radius 3 is 2.47 bits per heavy atom. The van der Waals surface area contributed by atoms with Crippen molar-refractivity contribution in [3.05, 3.63) is 60.2 Å². The van der Waals surface area contributed by atoms with E-state index in [4.69, 9.17) is 4.74 Å². The van der Waals surface area contributed by atoms with Crippen LogP contribution >= 0.6 is 0 Å². The van der Waals surface area contributed by atoms with Crippen molar-refractivity contribution in [2.75, 3.05) is 11.7 Å². The molecule has 1 atom stereocenters. The summed E-state index contributed by atoms with van der Waals surface area (Å²) in [6.07, 6.45) is 0. The van der Waals surface area contributed by atoms with Crippen LogP contribution in [0.5, 0.6) is 5.75 Å². The van der Waals surface area contributed by atoms with Crippen LogP contribution < -0.4 is 9.80 Å². The maximum Gasteiger partial charge on any atom is 0.263 e. The lowest BCUT2D eigenvalue weighted by atomic mass is 10.0. The Labute approximate surface area is 110 Å². The molecule has 3 rings (SSSR count). The van der Waals surface area contributed by atoms with Crippen LogP contribution in [0.25, 0.3) is 0 Å². The van der Waals surface area contributed by atoms with Gasteiger partial charge < -0.3 is 4.74 Å². The van der Waals surface area contributed by atoms with Gasteiger partial charge >= 0.3 is 0 Å². The number of hydrogen-bond donors (Lipinski definition) is 0. The molecule has 19 heavy (non-hydrogen) atoms. The monoisotopic (exact) mass is 257 g/mol. The molecule has 0 saturated carbocycles. The van der Waals surface area contributed by atoms with E-state index in [1.165, 1.54) is 0 Å². The first-order valence-corrected chi connectivity index (χ1v) is 5.83. The summed E-state index contributed by atoms with van der Waals surface area (Å²) in [5.74, 6) is 0.445. The van der Waals surface area contributed by atoms with Crippen LogP contribution in [0.1, 0.15) is 5.56 Å². The van der Waals surface area contributed by atoms with Gasteiger partial charge in [0.2, 0.25) is 0 Å². The molecule has 0 fully saturated rings. The highest BCUT2D eigenvalue weighted by atomic mass is 17.1. The molecular formula is C14H11NO4. The number of anilines is 1. The molecule has 0 spiro atoms. The standard InChI is InChI=1S/C14H11NO4/c16-15-12-8-4-5-9-13(12)18-10-14(15,19-17)11-6-2-1-3-7-11/h1-9H,10H2. The maximum absolute atomic E-state index is 12.5. The van der Waals surface area contributed by atoms with Crippen LogP contribution in [0.3, 0.4) is 0 Å². The van der Waals surface area contributed by atoms with Gasteiger partial charge in [-0.25, -0.2) is 0 Å². The quantitative estimate of drug-likeness (QED) is 0.613. The van der Waals surface area contributed by atoms with Gasteiger partial charge in [0, 0.05) is 5.56 Å². The first-order valence-electron chi connectivity index (χ1n) is 5.83. The third-order valence-electron chi connectivity index (χ3n) is 3.20. The first kappa shape index (κ1) is 12.0. The number of para-hydroxylation sites is 2. The van der Waals surface area contributed by atoms with E-state index in [0.717, 1.165) is 0 Å². The predicted molar refractivity (Wildman–Crippen MR) is 65.0 cm³/mol. The number of rotatable bonds is 2.